The predicted molar refractivity (Wildman–Crippen MR) is 46.0 cm³/mol. The Labute approximate surface area is 81.2 Å². The number of rotatable bonds is 3. The second-order valence-corrected chi connectivity index (χ2v) is 3.17. The topological polar surface area (TPSA) is 71.5 Å². The van der Waals surface area contributed by atoms with Crippen molar-refractivity contribution in [2.24, 2.45) is 0 Å². The largest absolute Gasteiger partial charge is 0.498 e. The van der Waals surface area contributed by atoms with E-state index in [0.717, 1.165) is 0 Å². The van der Waals surface area contributed by atoms with Gasteiger partial charge in [-0.15, -0.1) is 0 Å². The maximum absolute atomic E-state index is 9.69. The summed E-state index contributed by atoms with van der Waals surface area (Å²) in [7, 11) is 2.92. The van der Waals surface area contributed by atoms with Gasteiger partial charge in [-0.25, -0.2) is 0 Å². The molecule has 2 aliphatic rings. The number of methoxy groups -OCH3 is 2. The molecule has 0 amide bonds. The van der Waals surface area contributed by atoms with Gasteiger partial charge in [-0.2, -0.15) is 0 Å². The Morgan fingerprint density at radius 3 is 2.71 bits per heavy atom. The molecule has 2 unspecified atom stereocenters. The molecule has 0 saturated carbocycles. The first kappa shape index (κ1) is 9.51. The van der Waals surface area contributed by atoms with E-state index >= 15 is 0 Å². The average molecular weight is 200 g/mol. The van der Waals surface area contributed by atoms with Gasteiger partial charge in [-0.05, 0) is 0 Å². The zero-order valence-corrected chi connectivity index (χ0v) is 7.98. The summed E-state index contributed by atoms with van der Waals surface area (Å²) in [5.74, 6) is -0.495. The van der Waals surface area contributed by atoms with Gasteiger partial charge in [0, 0.05) is 6.08 Å². The predicted octanol–water partition coefficient (Wildman–Crippen LogP) is -0.489. The summed E-state index contributed by atoms with van der Waals surface area (Å²) < 4.78 is 15.1. The molecule has 2 atom stereocenters. The van der Waals surface area contributed by atoms with Crippen LogP contribution in [0.3, 0.4) is 0 Å². The minimum Gasteiger partial charge on any atom is -0.498 e. The van der Waals surface area contributed by atoms with Crippen LogP contribution in [-0.4, -0.2) is 42.9 Å². The molecule has 5 nitrogen and oxygen atoms in total. The zero-order chi connectivity index (χ0) is 10.3. The Bertz CT molecular complexity index is 319. The molecule has 5 heteroatoms. The van der Waals surface area contributed by atoms with Crippen LogP contribution >= 0.6 is 0 Å². The van der Waals surface area contributed by atoms with Crippen LogP contribution in [0.15, 0.2) is 23.2 Å². The standard InChI is InChI=1S/C9H12O5/c1-12-6-3-9(11)8(14-9)7(13-2)5(6)4-10/h3,8,10-11H,4H2,1-2H3. The van der Waals surface area contributed by atoms with Crippen LogP contribution in [0.5, 0.6) is 0 Å². The molecule has 1 heterocycles. The zero-order valence-electron chi connectivity index (χ0n) is 7.98. The van der Waals surface area contributed by atoms with Crippen LogP contribution < -0.4 is 0 Å². The number of aliphatic hydroxyl groups is 2. The van der Waals surface area contributed by atoms with Crippen molar-refractivity contribution in [2.75, 3.05) is 20.8 Å². The van der Waals surface area contributed by atoms with E-state index in [-0.39, 0.29) is 6.61 Å². The van der Waals surface area contributed by atoms with Crippen molar-refractivity contribution in [2.45, 2.75) is 11.9 Å². The maximum atomic E-state index is 9.69. The first-order valence-corrected chi connectivity index (χ1v) is 4.21. The second-order valence-electron chi connectivity index (χ2n) is 3.17. The highest BCUT2D eigenvalue weighted by Crippen LogP contribution is 2.46. The van der Waals surface area contributed by atoms with Crippen molar-refractivity contribution < 1.29 is 24.4 Å². The Morgan fingerprint density at radius 1 is 1.50 bits per heavy atom. The van der Waals surface area contributed by atoms with E-state index < -0.39 is 11.9 Å². The molecule has 0 bridgehead atoms. The minimum atomic E-state index is -1.31. The highest BCUT2D eigenvalue weighted by molar-refractivity contribution is 5.43. The molecular weight excluding hydrogens is 188 g/mol. The molecule has 0 aromatic heterocycles. The number of epoxide rings is 1. The van der Waals surface area contributed by atoms with E-state index in [1.807, 2.05) is 0 Å². The summed E-state index contributed by atoms with van der Waals surface area (Å²) in [6.45, 7) is -0.210. The third-order valence-electron chi connectivity index (χ3n) is 2.39. The fraction of sp³-hybridized carbons (Fsp3) is 0.556. The fourth-order valence-electron chi connectivity index (χ4n) is 1.63. The molecule has 0 aromatic carbocycles. The lowest BCUT2D eigenvalue weighted by Crippen LogP contribution is -2.22. The maximum Gasteiger partial charge on any atom is 0.224 e. The third-order valence-corrected chi connectivity index (χ3v) is 2.39. The highest BCUT2D eigenvalue weighted by Gasteiger charge is 2.60. The summed E-state index contributed by atoms with van der Waals surface area (Å²) in [5.41, 5.74) is 0.516. The fourth-order valence-corrected chi connectivity index (χ4v) is 1.63. The number of aliphatic hydroxyl groups excluding tert-OH is 1. The molecule has 1 fully saturated rings. The highest BCUT2D eigenvalue weighted by atomic mass is 16.7. The van der Waals surface area contributed by atoms with Crippen LogP contribution in [-0.2, 0) is 14.2 Å². The summed E-state index contributed by atoms with van der Waals surface area (Å²) in [6, 6.07) is 0. The van der Waals surface area contributed by atoms with E-state index in [1.54, 1.807) is 0 Å². The minimum absolute atomic E-state index is 0.210. The molecule has 1 aliphatic carbocycles. The monoisotopic (exact) mass is 200 g/mol. The molecule has 78 valence electrons. The summed E-state index contributed by atoms with van der Waals surface area (Å²) in [4.78, 5) is 0. The van der Waals surface area contributed by atoms with Gasteiger partial charge in [0.15, 0.2) is 6.10 Å². The van der Waals surface area contributed by atoms with Crippen LogP contribution in [0.4, 0.5) is 0 Å². The summed E-state index contributed by atoms with van der Waals surface area (Å²) in [5, 5.41) is 18.8. The van der Waals surface area contributed by atoms with Crippen molar-refractivity contribution in [3.8, 4) is 0 Å². The third kappa shape index (κ3) is 1.13. The Kier molecular flexibility index (Phi) is 2.02. The van der Waals surface area contributed by atoms with Gasteiger partial charge in [0.1, 0.15) is 11.5 Å². The van der Waals surface area contributed by atoms with Gasteiger partial charge < -0.3 is 24.4 Å². The van der Waals surface area contributed by atoms with E-state index in [1.165, 1.54) is 20.3 Å². The van der Waals surface area contributed by atoms with Crippen molar-refractivity contribution in [3.63, 3.8) is 0 Å². The Hall–Kier alpha value is -1.04. The van der Waals surface area contributed by atoms with Crippen LogP contribution in [0.2, 0.25) is 0 Å². The first-order valence-electron chi connectivity index (χ1n) is 4.21. The van der Waals surface area contributed by atoms with E-state index in [9.17, 15) is 5.11 Å². The molecular formula is C9H12O5. The first-order chi connectivity index (χ1) is 6.66. The molecule has 0 spiro atoms. The van der Waals surface area contributed by atoms with E-state index in [4.69, 9.17) is 19.3 Å². The normalized spacial score (nSPS) is 34.9. The van der Waals surface area contributed by atoms with E-state index in [2.05, 4.69) is 0 Å². The molecule has 1 saturated heterocycles. The number of ether oxygens (including phenoxy) is 3. The van der Waals surface area contributed by atoms with Crippen molar-refractivity contribution in [3.05, 3.63) is 23.2 Å². The van der Waals surface area contributed by atoms with Gasteiger partial charge in [0.25, 0.3) is 0 Å². The lowest BCUT2D eigenvalue weighted by atomic mass is 10.0. The summed E-state index contributed by atoms with van der Waals surface area (Å²) >= 11 is 0. The Balaban J connectivity index is 2.40. The van der Waals surface area contributed by atoms with Gasteiger partial charge in [0.05, 0.1) is 26.4 Å². The Morgan fingerprint density at radius 2 is 2.21 bits per heavy atom. The second kappa shape index (κ2) is 2.98. The molecule has 1 aliphatic heterocycles. The van der Waals surface area contributed by atoms with Crippen LogP contribution in [0.1, 0.15) is 0 Å². The SMILES string of the molecule is COC1=CC2(O)OC2C(OC)=C1CO. The van der Waals surface area contributed by atoms with Crippen molar-refractivity contribution in [1.29, 1.82) is 0 Å². The van der Waals surface area contributed by atoms with Gasteiger partial charge in [0.2, 0.25) is 5.79 Å². The molecule has 0 radical (unpaired) electrons. The molecule has 2 rings (SSSR count). The molecule has 2 N–H and O–H groups in total. The van der Waals surface area contributed by atoms with Gasteiger partial charge in [-0.3, -0.25) is 0 Å². The average Bonchev–Trinajstić information content (AvgIpc) is 2.86. The smallest absolute Gasteiger partial charge is 0.224 e. The number of fused-ring (bicyclic) bond motifs is 1. The van der Waals surface area contributed by atoms with Crippen LogP contribution in [0.25, 0.3) is 0 Å². The van der Waals surface area contributed by atoms with Gasteiger partial charge >= 0.3 is 0 Å². The van der Waals surface area contributed by atoms with Gasteiger partial charge in [-0.1, -0.05) is 0 Å². The quantitative estimate of drug-likeness (QED) is 0.601. The lowest BCUT2D eigenvalue weighted by molar-refractivity contribution is 0.0777. The lowest BCUT2D eigenvalue weighted by Gasteiger charge is -2.17. The molecule has 0 aromatic rings. The van der Waals surface area contributed by atoms with E-state index in [0.29, 0.717) is 17.1 Å². The number of hydrogen-bond donors (Lipinski definition) is 2. The summed E-state index contributed by atoms with van der Waals surface area (Å²) in [6.07, 6.45) is 0.930. The number of hydrogen-bond acceptors (Lipinski definition) is 5. The van der Waals surface area contributed by atoms with Crippen molar-refractivity contribution >= 4 is 0 Å². The molecule has 14 heavy (non-hydrogen) atoms. The van der Waals surface area contributed by atoms with Crippen LogP contribution in [0, 0.1) is 0 Å². The van der Waals surface area contributed by atoms with Crippen molar-refractivity contribution in [1.82, 2.24) is 0 Å².